The first-order chi connectivity index (χ1) is 40.8. The molecule has 0 bridgehead atoms. The van der Waals surface area contributed by atoms with Gasteiger partial charge in [0.15, 0.2) is 0 Å². The Morgan fingerprint density at radius 2 is 1.01 bits per heavy atom. The number of nitrogens with zero attached hydrogens (tertiary/aromatic N) is 5. The summed E-state index contributed by atoms with van der Waals surface area (Å²) in [5.74, 6) is 2.30. The van der Waals surface area contributed by atoms with Crippen molar-refractivity contribution >= 4 is 76.6 Å². The number of hydrogen-bond acceptors (Lipinski definition) is 3. The molecule has 1 aliphatic heterocycles. The second-order valence-electron chi connectivity index (χ2n) is 22.9. The van der Waals surface area contributed by atoms with Crippen molar-refractivity contribution in [1.29, 1.82) is 0 Å². The van der Waals surface area contributed by atoms with E-state index < -0.39 is 0 Å². The predicted molar refractivity (Wildman–Crippen MR) is 338 cm³/mol. The lowest BCUT2D eigenvalue weighted by atomic mass is 9.88. The average molecular weight is 1070 g/mol. The molecule has 392 valence electrons. The topological polar surface area (TPSA) is 53.9 Å². The summed E-state index contributed by atoms with van der Waals surface area (Å²) < 4.78 is 22.6. The van der Waals surface area contributed by atoms with Gasteiger partial charge in [-0.2, -0.15) is 0 Å². The number of pyridine rings is 1. The molecule has 0 N–H and O–H groups in total. The van der Waals surface area contributed by atoms with Crippen LogP contribution in [0.3, 0.4) is 0 Å². The van der Waals surface area contributed by atoms with Crippen LogP contribution < -0.4 is 9.30 Å². The molecule has 1 aliphatic rings. The smallest absolute Gasteiger partial charge is 0.269 e. The van der Waals surface area contributed by atoms with Gasteiger partial charge in [-0.3, -0.25) is 13.7 Å². The van der Waals surface area contributed by atoms with Crippen LogP contribution >= 0.6 is 0 Å². The fourth-order valence-electron chi connectivity index (χ4n) is 13.2. The second kappa shape index (κ2) is 17.9. The lowest BCUT2D eigenvalue weighted by Crippen LogP contribution is -2.32. The van der Waals surface area contributed by atoms with Gasteiger partial charge in [-0.25, -0.2) is 4.98 Å². The van der Waals surface area contributed by atoms with E-state index in [2.05, 4.69) is 276 Å². The first kappa shape index (κ1) is 47.1. The molecular weight excluding hydrogens is 1010 g/mol. The molecule has 0 spiro atoms. The third-order valence-corrected chi connectivity index (χ3v) is 17.1. The van der Waals surface area contributed by atoms with Crippen LogP contribution in [0.1, 0.15) is 26.3 Å². The van der Waals surface area contributed by atoms with Crippen LogP contribution in [0.2, 0.25) is 0 Å². The Balaban J connectivity index is 0.883. The van der Waals surface area contributed by atoms with Crippen LogP contribution in [-0.2, 0) is 5.41 Å². The minimum atomic E-state index is -0.0410. The number of rotatable bonds is 6. The highest BCUT2D eigenvalue weighted by atomic mass is 16.5. The lowest BCUT2D eigenvalue weighted by Gasteiger charge is -2.20. The minimum Gasteiger partial charge on any atom is -0.458 e. The van der Waals surface area contributed by atoms with Gasteiger partial charge >= 0.3 is 0 Å². The third-order valence-electron chi connectivity index (χ3n) is 17.1. The first-order valence-electron chi connectivity index (χ1n) is 28.3. The van der Waals surface area contributed by atoms with Crippen molar-refractivity contribution in [3.05, 3.63) is 267 Å². The highest BCUT2D eigenvalue weighted by Crippen LogP contribution is 2.47. The van der Waals surface area contributed by atoms with Crippen LogP contribution in [0.25, 0.3) is 144 Å². The largest absolute Gasteiger partial charge is 0.458 e. The maximum atomic E-state index is 6.95. The molecule has 0 amide bonds. The monoisotopic (exact) mass is 1070 g/mol. The van der Waals surface area contributed by atoms with Gasteiger partial charge in [0.05, 0.1) is 44.5 Å². The molecule has 0 unspecified atom stereocenters. The molecule has 0 aliphatic carbocycles. The van der Waals surface area contributed by atoms with E-state index in [4.69, 9.17) is 14.1 Å². The quantitative estimate of drug-likeness (QED) is 0.123. The van der Waals surface area contributed by atoms with Gasteiger partial charge < -0.3 is 13.7 Å². The van der Waals surface area contributed by atoms with Crippen molar-refractivity contribution in [2.24, 2.45) is 0 Å². The molecule has 83 heavy (non-hydrogen) atoms. The summed E-state index contributed by atoms with van der Waals surface area (Å²) >= 11 is 0. The Bertz CT molecular complexity index is 5320. The molecule has 0 fully saturated rings. The summed E-state index contributed by atoms with van der Waals surface area (Å²) in [4.78, 5) is 4.94. The van der Waals surface area contributed by atoms with Crippen molar-refractivity contribution in [1.82, 2.24) is 18.7 Å². The van der Waals surface area contributed by atoms with Gasteiger partial charge in [-0.15, -0.1) is 0 Å². The normalized spacial score (nSPS) is 12.3. The first-order valence-corrected chi connectivity index (χ1v) is 28.3. The molecule has 17 rings (SSSR count). The molecule has 7 nitrogen and oxygen atoms in total. The number of ether oxygens (including phenoxy) is 1. The van der Waals surface area contributed by atoms with Gasteiger partial charge in [0.25, 0.3) is 6.33 Å². The zero-order valence-corrected chi connectivity index (χ0v) is 45.8. The summed E-state index contributed by atoms with van der Waals surface area (Å²) in [5.41, 5.74) is 21.2. The summed E-state index contributed by atoms with van der Waals surface area (Å²) in [7, 11) is 0. The van der Waals surface area contributed by atoms with E-state index in [9.17, 15) is 0 Å². The van der Waals surface area contributed by atoms with Gasteiger partial charge in [-0.1, -0.05) is 172 Å². The SMILES string of the molecule is CC(C)(C)c1ccnc(-n2c3ccccc3c3ccc(Oc4cccc(-n5[c-][n+]6c7c(cccc75)-c5ccccc5-c5ccc(-n7c8ccccc8c8ccccc87)cc5-c5cccc(-c7ccc8oc9ccccc9c8c7)c5-6)c4)cc32)c1. The molecule has 5 aromatic heterocycles. The number of imidazole rings is 1. The molecule has 6 heterocycles. The Labute approximate surface area is 478 Å². The maximum absolute atomic E-state index is 6.95. The van der Waals surface area contributed by atoms with E-state index in [-0.39, 0.29) is 5.41 Å². The minimum absolute atomic E-state index is 0.0410. The van der Waals surface area contributed by atoms with Crippen molar-refractivity contribution < 1.29 is 13.7 Å². The number of furan rings is 1. The van der Waals surface area contributed by atoms with E-state index >= 15 is 0 Å². The highest BCUT2D eigenvalue weighted by molar-refractivity contribution is 6.12. The number of benzene rings is 11. The molecule has 0 atom stereocenters. The van der Waals surface area contributed by atoms with E-state index in [1.807, 2.05) is 24.4 Å². The Morgan fingerprint density at radius 1 is 0.410 bits per heavy atom. The summed E-state index contributed by atoms with van der Waals surface area (Å²) in [6.07, 6.45) is 5.96. The molecule has 11 aromatic carbocycles. The summed E-state index contributed by atoms with van der Waals surface area (Å²) in [5, 5.41) is 6.90. The van der Waals surface area contributed by atoms with Crippen LogP contribution in [0.5, 0.6) is 11.5 Å². The molecule has 0 saturated heterocycles. The van der Waals surface area contributed by atoms with Crippen molar-refractivity contribution in [3.8, 4) is 78.9 Å². The molecule has 0 radical (unpaired) electrons. The van der Waals surface area contributed by atoms with Gasteiger partial charge in [0.1, 0.15) is 28.5 Å². The van der Waals surface area contributed by atoms with Gasteiger partial charge in [-0.05, 0) is 146 Å². The summed E-state index contributed by atoms with van der Waals surface area (Å²) in [6.45, 7) is 6.72. The zero-order chi connectivity index (χ0) is 55.1. The van der Waals surface area contributed by atoms with E-state index in [1.54, 1.807) is 0 Å². The number of para-hydroxylation sites is 6. The van der Waals surface area contributed by atoms with E-state index in [1.165, 1.54) is 16.3 Å². The van der Waals surface area contributed by atoms with Gasteiger partial charge in [0, 0.05) is 50.3 Å². The van der Waals surface area contributed by atoms with Crippen molar-refractivity contribution in [2.45, 2.75) is 26.2 Å². The Hall–Kier alpha value is -10.8. The van der Waals surface area contributed by atoms with E-state index in [0.717, 1.165) is 139 Å². The number of hydrogen-bond donors (Lipinski definition) is 0. The lowest BCUT2D eigenvalue weighted by molar-refractivity contribution is -0.570. The Morgan fingerprint density at radius 3 is 1.80 bits per heavy atom. The zero-order valence-electron chi connectivity index (χ0n) is 45.8. The fourth-order valence-corrected chi connectivity index (χ4v) is 13.2. The van der Waals surface area contributed by atoms with Crippen LogP contribution in [0, 0.1) is 6.33 Å². The third kappa shape index (κ3) is 7.24. The molecule has 16 aromatic rings. The van der Waals surface area contributed by atoms with Crippen LogP contribution in [-0.4, -0.2) is 18.7 Å². The maximum Gasteiger partial charge on any atom is 0.269 e. The van der Waals surface area contributed by atoms with Crippen molar-refractivity contribution in [2.75, 3.05) is 0 Å². The highest BCUT2D eigenvalue weighted by Gasteiger charge is 2.28. The number of fused-ring (bicyclic) bond motifs is 16. The average Bonchev–Trinajstić information content (AvgIpc) is 2.35. The standard InChI is InChI=1S/C76H51N5O2/c1-76(2,3)48-39-40-77-73(42-48)81-68-30-12-8-23-59(68)60-37-35-52(45-70(60)81)82-51-18-14-17-49(43-51)78-46-79-74-53(47-33-38-72-65(41-47)61-24-9-13-32-71(61)83-72)25-15-26-63(74)64-44-50(80-66-28-10-6-21-57(66)58-22-7-11-29-67(58)80)34-36-56(64)54-19-4-5-20-55(54)62-27-16-31-69(78)75(62)79/h4-45H,1-3H3. The second-order valence-corrected chi connectivity index (χ2v) is 22.9. The molecular formula is C76H51N5O2. The molecule has 0 saturated carbocycles. The fraction of sp³-hybridized carbons (Fsp3) is 0.0526. The summed E-state index contributed by atoms with van der Waals surface area (Å²) in [6, 6.07) is 89.4. The predicted octanol–water partition coefficient (Wildman–Crippen LogP) is 19.3. The van der Waals surface area contributed by atoms with E-state index in [0.29, 0.717) is 5.75 Å². The molecule has 7 heteroatoms. The Kier molecular flexibility index (Phi) is 10.1. The van der Waals surface area contributed by atoms with Crippen molar-refractivity contribution in [3.63, 3.8) is 0 Å². The van der Waals surface area contributed by atoms with Gasteiger partial charge in [0.2, 0.25) is 0 Å². The van der Waals surface area contributed by atoms with Crippen LogP contribution in [0.15, 0.2) is 259 Å². The number of aromatic nitrogens is 5. The van der Waals surface area contributed by atoms with Crippen LogP contribution in [0.4, 0.5) is 0 Å².